The van der Waals surface area contributed by atoms with E-state index in [0.29, 0.717) is 32.4 Å². The van der Waals surface area contributed by atoms with Crippen molar-refractivity contribution in [1.29, 1.82) is 0 Å². The lowest BCUT2D eigenvalue weighted by molar-refractivity contribution is -0.122. The van der Waals surface area contributed by atoms with Crippen LogP contribution in [0.5, 0.6) is 0 Å². The van der Waals surface area contributed by atoms with Crippen LogP contribution in [0.15, 0.2) is 30.3 Å². The molecule has 0 atom stereocenters. The smallest absolute Gasteiger partial charge is 0.220 e. The fraction of sp³-hybridized carbons (Fsp3) is 0.562. The first-order valence-electron chi connectivity index (χ1n) is 7.82. The number of nitrogens with zero attached hydrogens (tertiary/aromatic N) is 1. The molecule has 1 N–H and O–H groups in total. The quantitative estimate of drug-likeness (QED) is 0.863. The monoisotopic (exact) mass is 324 g/mol. The second-order valence-electron chi connectivity index (χ2n) is 5.63. The molecule has 1 aromatic rings. The first-order valence-corrected chi connectivity index (χ1v) is 9.43. The van der Waals surface area contributed by atoms with E-state index in [9.17, 15) is 13.2 Å². The molecule has 1 saturated heterocycles. The van der Waals surface area contributed by atoms with Crippen LogP contribution in [-0.4, -0.2) is 43.5 Å². The van der Waals surface area contributed by atoms with Crippen molar-refractivity contribution in [2.45, 2.75) is 38.6 Å². The molecular formula is C16H24N2O3S. The minimum absolute atomic E-state index is 0.0423. The van der Waals surface area contributed by atoms with Gasteiger partial charge in [0.25, 0.3) is 0 Å². The summed E-state index contributed by atoms with van der Waals surface area (Å²) < 4.78 is 25.1. The van der Waals surface area contributed by atoms with Gasteiger partial charge in [-0.3, -0.25) is 4.79 Å². The van der Waals surface area contributed by atoms with Gasteiger partial charge in [-0.1, -0.05) is 30.3 Å². The summed E-state index contributed by atoms with van der Waals surface area (Å²) in [6.45, 7) is 2.66. The van der Waals surface area contributed by atoms with E-state index in [2.05, 4.69) is 5.32 Å². The molecule has 1 amide bonds. The van der Waals surface area contributed by atoms with E-state index >= 15 is 0 Å². The molecule has 6 heteroatoms. The molecule has 22 heavy (non-hydrogen) atoms. The molecule has 122 valence electrons. The number of hydrogen-bond acceptors (Lipinski definition) is 3. The summed E-state index contributed by atoms with van der Waals surface area (Å²) in [5.74, 6) is 0.182. The van der Waals surface area contributed by atoms with Crippen molar-refractivity contribution in [3.8, 4) is 0 Å². The number of piperidine rings is 1. The number of hydrogen-bond donors (Lipinski definition) is 1. The number of carbonyl (C=O) groups is 1. The van der Waals surface area contributed by atoms with E-state index in [1.54, 1.807) is 6.92 Å². The van der Waals surface area contributed by atoms with Gasteiger partial charge >= 0.3 is 0 Å². The molecule has 1 aliphatic rings. The molecule has 0 aliphatic carbocycles. The third kappa shape index (κ3) is 4.81. The van der Waals surface area contributed by atoms with Crippen LogP contribution < -0.4 is 5.32 Å². The molecular weight excluding hydrogens is 300 g/mol. The van der Waals surface area contributed by atoms with E-state index in [0.717, 1.165) is 12.0 Å². The highest BCUT2D eigenvalue weighted by Crippen LogP contribution is 2.14. The highest BCUT2D eigenvalue weighted by atomic mass is 32.2. The Morgan fingerprint density at radius 1 is 1.23 bits per heavy atom. The number of carbonyl (C=O) groups excluding carboxylic acids is 1. The van der Waals surface area contributed by atoms with Gasteiger partial charge in [-0.05, 0) is 31.7 Å². The standard InChI is InChI=1S/C16H24N2O3S/c1-2-22(20,21)18-12-10-15(11-13-18)17-16(19)9-8-14-6-4-3-5-7-14/h3-7,15H,2,8-13H2,1H3,(H,17,19). The van der Waals surface area contributed by atoms with E-state index in [1.807, 2.05) is 30.3 Å². The van der Waals surface area contributed by atoms with Gasteiger partial charge in [-0.2, -0.15) is 0 Å². The number of aryl methyl sites for hydroxylation is 1. The Bertz CT molecular complexity index is 579. The Balaban J connectivity index is 1.73. The van der Waals surface area contributed by atoms with Gasteiger partial charge in [0.1, 0.15) is 0 Å². The second-order valence-corrected chi connectivity index (χ2v) is 7.88. The zero-order valence-electron chi connectivity index (χ0n) is 13.0. The maximum Gasteiger partial charge on any atom is 0.220 e. The molecule has 0 saturated carbocycles. The van der Waals surface area contributed by atoms with Crippen molar-refractivity contribution in [2.75, 3.05) is 18.8 Å². The van der Waals surface area contributed by atoms with Crippen LogP contribution in [0.2, 0.25) is 0 Å². The number of amides is 1. The Labute approximate surface area is 132 Å². The minimum atomic E-state index is -3.10. The molecule has 0 aromatic heterocycles. The molecule has 2 rings (SSSR count). The zero-order chi connectivity index (χ0) is 16.0. The Morgan fingerprint density at radius 3 is 2.45 bits per heavy atom. The van der Waals surface area contributed by atoms with Gasteiger partial charge in [0, 0.05) is 25.6 Å². The van der Waals surface area contributed by atoms with E-state index in [4.69, 9.17) is 0 Å². The molecule has 1 aromatic carbocycles. The third-order valence-corrected chi connectivity index (χ3v) is 5.94. The lowest BCUT2D eigenvalue weighted by atomic mass is 10.1. The first-order chi connectivity index (χ1) is 10.5. The maximum absolute atomic E-state index is 12.0. The van der Waals surface area contributed by atoms with Gasteiger partial charge in [0.2, 0.25) is 15.9 Å². The fourth-order valence-corrected chi connectivity index (χ4v) is 3.80. The third-order valence-electron chi connectivity index (χ3n) is 4.06. The summed E-state index contributed by atoms with van der Waals surface area (Å²) in [6.07, 6.45) is 2.58. The Kier molecular flexibility index (Phi) is 5.97. The number of sulfonamides is 1. The summed E-state index contributed by atoms with van der Waals surface area (Å²) in [6, 6.07) is 10.0. The van der Waals surface area contributed by atoms with Crippen molar-refractivity contribution >= 4 is 15.9 Å². The van der Waals surface area contributed by atoms with Gasteiger partial charge < -0.3 is 5.32 Å². The fourth-order valence-electron chi connectivity index (χ4n) is 2.66. The van der Waals surface area contributed by atoms with Crippen LogP contribution in [0.3, 0.4) is 0 Å². The van der Waals surface area contributed by atoms with Crippen LogP contribution in [-0.2, 0) is 21.2 Å². The highest BCUT2D eigenvalue weighted by molar-refractivity contribution is 7.89. The largest absolute Gasteiger partial charge is 0.353 e. The molecule has 0 unspecified atom stereocenters. The molecule has 0 bridgehead atoms. The molecule has 1 fully saturated rings. The lowest BCUT2D eigenvalue weighted by Gasteiger charge is -2.31. The minimum Gasteiger partial charge on any atom is -0.353 e. The molecule has 1 aliphatic heterocycles. The van der Waals surface area contributed by atoms with Crippen molar-refractivity contribution in [1.82, 2.24) is 9.62 Å². The Morgan fingerprint density at radius 2 is 1.86 bits per heavy atom. The maximum atomic E-state index is 12.0. The van der Waals surface area contributed by atoms with Gasteiger partial charge in [-0.15, -0.1) is 0 Å². The van der Waals surface area contributed by atoms with E-state index < -0.39 is 10.0 Å². The number of benzene rings is 1. The van der Waals surface area contributed by atoms with Crippen LogP contribution in [0.1, 0.15) is 31.7 Å². The van der Waals surface area contributed by atoms with E-state index in [1.165, 1.54) is 4.31 Å². The predicted molar refractivity (Wildman–Crippen MR) is 87.0 cm³/mol. The average Bonchev–Trinajstić information content (AvgIpc) is 2.54. The van der Waals surface area contributed by atoms with Gasteiger partial charge in [0.15, 0.2) is 0 Å². The summed E-state index contributed by atoms with van der Waals surface area (Å²) >= 11 is 0. The van der Waals surface area contributed by atoms with Crippen LogP contribution in [0.25, 0.3) is 0 Å². The Hall–Kier alpha value is -1.40. The van der Waals surface area contributed by atoms with Crippen molar-refractivity contribution < 1.29 is 13.2 Å². The SMILES string of the molecule is CCS(=O)(=O)N1CCC(NC(=O)CCc2ccccc2)CC1. The summed E-state index contributed by atoms with van der Waals surface area (Å²) in [7, 11) is -3.10. The highest BCUT2D eigenvalue weighted by Gasteiger charge is 2.27. The van der Waals surface area contributed by atoms with Crippen LogP contribution in [0, 0.1) is 0 Å². The zero-order valence-corrected chi connectivity index (χ0v) is 13.8. The topological polar surface area (TPSA) is 66.5 Å². The van der Waals surface area contributed by atoms with Gasteiger partial charge in [-0.25, -0.2) is 12.7 Å². The second kappa shape index (κ2) is 7.74. The first kappa shape index (κ1) is 17.0. The van der Waals surface area contributed by atoms with Gasteiger partial charge in [0.05, 0.1) is 5.75 Å². The predicted octanol–water partition coefficient (Wildman–Crippen LogP) is 1.55. The van der Waals surface area contributed by atoms with Crippen molar-refractivity contribution in [3.63, 3.8) is 0 Å². The van der Waals surface area contributed by atoms with Crippen LogP contribution in [0.4, 0.5) is 0 Å². The van der Waals surface area contributed by atoms with Crippen molar-refractivity contribution in [2.24, 2.45) is 0 Å². The summed E-state index contributed by atoms with van der Waals surface area (Å²) in [5, 5.41) is 3.02. The molecule has 0 radical (unpaired) electrons. The van der Waals surface area contributed by atoms with E-state index in [-0.39, 0.29) is 17.7 Å². The summed E-state index contributed by atoms with van der Waals surface area (Å²) in [5.41, 5.74) is 1.15. The lowest BCUT2D eigenvalue weighted by Crippen LogP contribution is -2.46. The molecule has 0 spiro atoms. The molecule has 5 nitrogen and oxygen atoms in total. The average molecular weight is 324 g/mol. The molecule has 1 heterocycles. The normalized spacial score (nSPS) is 17.3. The summed E-state index contributed by atoms with van der Waals surface area (Å²) in [4.78, 5) is 12.0. The number of rotatable bonds is 6. The number of nitrogens with one attached hydrogen (secondary N) is 1. The van der Waals surface area contributed by atoms with Crippen LogP contribution >= 0.6 is 0 Å². The van der Waals surface area contributed by atoms with Crippen molar-refractivity contribution in [3.05, 3.63) is 35.9 Å².